The summed E-state index contributed by atoms with van der Waals surface area (Å²) >= 11 is 0. The molecule has 15 heavy (non-hydrogen) atoms. The quantitative estimate of drug-likeness (QED) is 0.584. The van der Waals surface area contributed by atoms with Crippen molar-refractivity contribution in [1.82, 2.24) is 9.97 Å². The van der Waals surface area contributed by atoms with Gasteiger partial charge in [-0.1, -0.05) is 32.0 Å². The summed E-state index contributed by atoms with van der Waals surface area (Å²) in [7, 11) is 0. The first kappa shape index (κ1) is 9.71. The zero-order valence-corrected chi connectivity index (χ0v) is 8.99. The van der Waals surface area contributed by atoms with Gasteiger partial charge in [0.2, 0.25) is 0 Å². The van der Waals surface area contributed by atoms with Crippen LogP contribution >= 0.6 is 0 Å². The van der Waals surface area contributed by atoms with E-state index in [-0.39, 0.29) is 1.43 Å². The SMILES string of the molecule is CC.[HH].c1ccc2c(c1)[nH]c1cccnc12. The highest BCUT2D eigenvalue weighted by molar-refractivity contribution is 6.04. The van der Waals surface area contributed by atoms with E-state index in [1.165, 1.54) is 5.39 Å². The summed E-state index contributed by atoms with van der Waals surface area (Å²) in [6, 6.07) is 12.2. The first-order valence-electron chi connectivity index (χ1n) is 5.26. The average molecular weight is 200 g/mol. The lowest BCUT2D eigenvalue weighted by atomic mass is 10.2. The summed E-state index contributed by atoms with van der Waals surface area (Å²) in [5.41, 5.74) is 3.30. The Morgan fingerprint density at radius 2 is 1.73 bits per heavy atom. The standard InChI is InChI=1S/C11H8N2.C2H6.H2/c1-2-5-9-8(4-1)11-10(13-9)6-3-7-12-11;1-2;/h1-7,13H;1-2H3;1H. The van der Waals surface area contributed by atoms with Crippen molar-refractivity contribution in [3.05, 3.63) is 42.6 Å². The number of nitrogens with zero attached hydrogens (tertiary/aromatic N) is 1. The number of aromatic amines is 1. The molecule has 2 aromatic heterocycles. The van der Waals surface area contributed by atoms with Gasteiger partial charge in [-0.3, -0.25) is 4.98 Å². The minimum atomic E-state index is 0. The minimum Gasteiger partial charge on any atom is -0.353 e. The molecule has 78 valence electrons. The Labute approximate surface area is 90.4 Å². The Morgan fingerprint density at radius 3 is 2.60 bits per heavy atom. The molecule has 0 saturated carbocycles. The number of hydrogen-bond donors (Lipinski definition) is 1. The number of fused-ring (bicyclic) bond motifs is 3. The predicted octanol–water partition coefficient (Wildman–Crippen LogP) is 3.99. The van der Waals surface area contributed by atoms with Crippen molar-refractivity contribution in [1.29, 1.82) is 0 Å². The zero-order chi connectivity index (χ0) is 10.7. The summed E-state index contributed by atoms with van der Waals surface area (Å²) in [6.45, 7) is 4.00. The van der Waals surface area contributed by atoms with E-state index in [1.54, 1.807) is 0 Å². The smallest absolute Gasteiger partial charge is 0.0957 e. The van der Waals surface area contributed by atoms with E-state index >= 15 is 0 Å². The van der Waals surface area contributed by atoms with Crippen LogP contribution in [0.3, 0.4) is 0 Å². The van der Waals surface area contributed by atoms with E-state index < -0.39 is 0 Å². The maximum absolute atomic E-state index is 4.34. The van der Waals surface area contributed by atoms with Crippen molar-refractivity contribution in [2.24, 2.45) is 0 Å². The van der Waals surface area contributed by atoms with Crippen LogP contribution in [0.1, 0.15) is 15.3 Å². The second kappa shape index (κ2) is 4.13. The maximum atomic E-state index is 4.34. The number of nitrogens with one attached hydrogen (secondary N) is 1. The predicted molar refractivity (Wildman–Crippen MR) is 67.1 cm³/mol. The molecule has 0 aliphatic rings. The van der Waals surface area contributed by atoms with Crippen LogP contribution in [-0.4, -0.2) is 9.97 Å². The van der Waals surface area contributed by atoms with Gasteiger partial charge in [0.1, 0.15) is 0 Å². The zero-order valence-electron chi connectivity index (χ0n) is 8.99. The molecule has 0 atom stereocenters. The molecule has 0 fully saturated rings. The van der Waals surface area contributed by atoms with E-state index in [0.717, 1.165) is 16.6 Å². The molecule has 0 amide bonds. The number of benzene rings is 1. The lowest BCUT2D eigenvalue weighted by molar-refractivity contribution is 1.42. The number of rotatable bonds is 0. The molecule has 0 unspecified atom stereocenters. The molecular weight excluding hydrogens is 184 g/mol. The lowest BCUT2D eigenvalue weighted by Crippen LogP contribution is -1.70. The highest BCUT2D eigenvalue weighted by Crippen LogP contribution is 2.22. The van der Waals surface area contributed by atoms with Gasteiger partial charge in [-0.05, 0) is 18.2 Å². The van der Waals surface area contributed by atoms with Crippen LogP contribution in [0.5, 0.6) is 0 Å². The topological polar surface area (TPSA) is 28.7 Å². The Balaban J connectivity index is 0.000000406. The van der Waals surface area contributed by atoms with Crippen LogP contribution in [0, 0.1) is 0 Å². The number of H-pyrrole nitrogens is 1. The van der Waals surface area contributed by atoms with E-state index in [1.807, 2.05) is 44.3 Å². The fourth-order valence-electron chi connectivity index (χ4n) is 1.66. The lowest BCUT2D eigenvalue weighted by Gasteiger charge is -1.86. The van der Waals surface area contributed by atoms with E-state index in [4.69, 9.17) is 0 Å². The number of pyridine rings is 1. The summed E-state index contributed by atoms with van der Waals surface area (Å²) in [5, 5.41) is 1.19. The van der Waals surface area contributed by atoms with Gasteiger partial charge in [0.25, 0.3) is 0 Å². The molecule has 0 bridgehead atoms. The third kappa shape index (κ3) is 1.59. The molecule has 0 aliphatic heterocycles. The number of hydrogen-bond acceptors (Lipinski definition) is 1. The van der Waals surface area contributed by atoms with E-state index in [2.05, 4.69) is 22.1 Å². The molecule has 0 radical (unpaired) electrons. The summed E-state index contributed by atoms with van der Waals surface area (Å²) in [6.07, 6.45) is 1.82. The van der Waals surface area contributed by atoms with E-state index in [9.17, 15) is 0 Å². The summed E-state index contributed by atoms with van der Waals surface area (Å²) < 4.78 is 0. The molecule has 0 spiro atoms. The molecular formula is C13H16N2. The summed E-state index contributed by atoms with van der Waals surface area (Å²) in [4.78, 5) is 7.65. The molecule has 2 heterocycles. The monoisotopic (exact) mass is 200 g/mol. The van der Waals surface area contributed by atoms with Gasteiger partial charge in [-0.2, -0.15) is 0 Å². The Bertz CT molecular complexity index is 522. The highest BCUT2D eigenvalue weighted by atomic mass is 14.8. The van der Waals surface area contributed by atoms with Gasteiger partial charge >= 0.3 is 0 Å². The van der Waals surface area contributed by atoms with E-state index in [0.29, 0.717) is 0 Å². The van der Waals surface area contributed by atoms with Crippen LogP contribution < -0.4 is 0 Å². The van der Waals surface area contributed by atoms with Crippen LogP contribution in [-0.2, 0) is 0 Å². The maximum Gasteiger partial charge on any atom is 0.0957 e. The Morgan fingerprint density at radius 1 is 1.00 bits per heavy atom. The first-order valence-corrected chi connectivity index (χ1v) is 5.26. The van der Waals surface area contributed by atoms with Crippen molar-refractivity contribution >= 4 is 21.9 Å². The Kier molecular flexibility index (Phi) is 2.68. The molecule has 3 rings (SSSR count). The normalized spacial score (nSPS) is 10.0. The number of para-hydroxylation sites is 1. The van der Waals surface area contributed by atoms with Crippen LogP contribution in [0.25, 0.3) is 21.9 Å². The fourth-order valence-corrected chi connectivity index (χ4v) is 1.66. The number of aromatic nitrogens is 2. The average Bonchev–Trinajstić information content (AvgIpc) is 2.70. The van der Waals surface area contributed by atoms with Gasteiger partial charge < -0.3 is 4.98 Å². The van der Waals surface area contributed by atoms with Gasteiger partial charge in [-0.25, -0.2) is 0 Å². The fraction of sp³-hybridized carbons (Fsp3) is 0.154. The molecule has 3 aromatic rings. The van der Waals surface area contributed by atoms with Crippen molar-refractivity contribution in [3.63, 3.8) is 0 Å². The minimum absolute atomic E-state index is 0. The van der Waals surface area contributed by atoms with Crippen LogP contribution in [0.4, 0.5) is 0 Å². The van der Waals surface area contributed by atoms with Crippen LogP contribution in [0.2, 0.25) is 0 Å². The largest absolute Gasteiger partial charge is 0.353 e. The molecule has 2 nitrogen and oxygen atoms in total. The molecule has 1 aromatic carbocycles. The van der Waals surface area contributed by atoms with Gasteiger partial charge in [0, 0.05) is 18.5 Å². The Hall–Kier alpha value is -1.83. The van der Waals surface area contributed by atoms with Crippen molar-refractivity contribution in [3.8, 4) is 0 Å². The third-order valence-corrected chi connectivity index (χ3v) is 2.26. The molecule has 0 aliphatic carbocycles. The first-order chi connectivity index (χ1) is 7.45. The second-order valence-electron chi connectivity index (χ2n) is 3.07. The molecule has 1 N–H and O–H groups in total. The van der Waals surface area contributed by atoms with Gasteiger partial charge in [0.05, 0.1) is 11.0 Å². The third-order valence-electron chi connectivity index (χ3n) is 2.26. The van der Waals surface area contributed by atoms with Crippen molar-refractivity contribution in [2.75, 3.05) is 0 Å². The molecule has 2 heteroatoms. The summed E-state index contributed by atoms with van der Waals surface area (Å²) in [5.74, 6) is 0. The molecule has 0 saturated heterocycles. The van der Waals surface area contributed by atoms with Crippen LogP contribution in [0.15, 0.2) is 42.6 Å². The van der Waals surface area contributed by atoms with Gasteiger partial charge in [0.15, 0.2) is 0 Å². The van der Waals surface area contributed by atoms with Gasteiger partial charge in [-0.15, -0.1) is 0 Å². The van der Waals surface area contributed by atoms with Crippen molar-refractivity contribution < 1.29 is 1.43 Å². The highest BCUT2D eigenvalue weighted by Gasteiger charge is 2.01. The van der Waals surface area contributed by atoms with Crippen molar-refractivity contribution in [2.45, 2.75) is 13.8 Å². The second-order valence-corrected chi connectivity index (χ2v) is 3.07.